The molecule has 0 amide bonds. The molecule has 0 aliphatic heterocycles. The van der Waals surface area contributed by atoms with E-state index < -0.39 is 24.6 Å². The van der Waals surface area contributed by atoms with E-state index in [1.165, 1.54) is 29.7 Å². The second-order valence-electron chi connectivity index (χ2n) is 5.89. The first-order valence-electron chi connectivity index (χ1n) is 8.48. The van der Waals surface area contributed by atoms with E-state index in [2.05, 4.69) is 25.0 Å². The van der Waals surface area contributed by atoms with Gasteiger partial charge in [0.15, 0.2) is 0 Å². The molecule has 3 rings (SSSR count). The largest absolute Gasteiger partial charge is 0.525 e. The van der Waals surface area contributed by atoms with Crippen molar-refractivity contribution in [2.24, 2.45) is 5.10 Å². The summed E-state index contributed by atoms with van der Waals surface area (Å²) < 4.78 is 82.1. The van der Waals surface area contributed by atoms with Crippen molar-refractivity contribution in [1.29, 1.82) is 0 Å². The van der Waals surface area contributed by atoms with Crippen LogP contribution in [0.3, 0.4) is 0 Å². The lowest BCUT2D eigenvalue weighted by Crippen LogP contribution is -2.41. The molecule has 5 nitrogen and oxygen atoms in total. The smallest absolute Gasteiger partial charge is 0.429 e. The maximum absolute atomic E-state index is 13.4. The zero-order valence-corrected chi connectivity index (χ0v) is 16.1. The summed E-state index contributed by atoms with van der Waals surface area (Å²) in [6.45, 7) is 0. The molecule has 0 aliphatic rings. The highest BCUT2D eigenvalue weighted by molar-refractivity contribution is 7.14. The molecule has 0 spiro atoms. The van der Waals surface area contributed by atoms with E-state index in [1.54, 1.807) is 0 Å². The van der Waals surface area contributed by atoms with Gasteiger partial charge in [0.25, 0.3) is 0 Å². The van der Waals surface area contributed by atoms with Gasteiger partial charge in [0.05, 0.1) is 11.9 Å². The normalized spacial score (nSPS) is 13.4. The highest BCUT2D eigenvalue weighted by atomic mass is 32.1. The van der Waals surface area contributed by atoms with Crippen molar-refractivity contribution in [2.75, 3.05) is 5.43 Å². The molecule has 0 radical (unpaired) electrons. The third-order valence-corrected chi connectivity index (χ3v) is 4.33. The van der Waals surface area contributed by atoms with Crippen LogP contribution in [0.4, 0.5) is 31.5 Å². The molecule has 31 heavy (non-hydrogen) atoms. The topological polar surface area (TPSA) is 55.7 Å². The number of rotatable bonds is 8. The number of hydrazone groups is 1. The SMILES string of the molecule is FC(OC(F)(F)F)C(F)(F)Oc1ccc(C=NNc2nc(-c3ccccc3)cs2)cc1. The standard InChI is InChI=1S/C19H13F6N3O2S/c20-16(30-19(23,24)25)18(21,22)29-14-8-6-12(7-9-14)10-26-28-17-27-15(11-31-17)13-4-2-1-3-5-13/h1-11,16H,(H,27,28). The Morgan fingerprint density at radius 1 is 1.00 bits per heavy atom. The molecular weight excluding hydrogens is 448 g/mol. The van der Waals surface area contributed by atoms with Crippen molar-refractivity contribution in [1.82, 2.24) is 4.98 Å². The van der Waals surface area contributed by atoms with Crippen LogP contribution in [0.25, 0.3) is 11.3 Å². The number of hydrogen-bond donors (Lipinski definition) is 1. The summed E-state index contributed by atoms with van der Waals surface area (Å²) in [7, 11) is 0. The number of alkyl halides is 6. The Labute approximate surface area is 176 Å². The minimum Gasteiger partial charge on any atom is -0.429 e. The average molecular weight is 461 g/mol. The van der Waals surface area contributed by atoms with Gasteiger partial charge in [0, 0.05) is 10.9 Å². The van der Waals surface area contributed by atoms with Gasteiger partial charge in [-0.1, -0.05) is 30.3 Å². The third kappa shape index (κ3) is 6.69. The first-order valence-corrected chi connectivity index (χ1v) is 9.36. The van der Waals surface area contributed by atoms with Crippen LogP contribution in [0.1, 0.15) is 5.56 Å². The van der Waals surface area contributed by atoms with E-state index in [0.29, 0.717) is 10.7 Å². The van der Waals surface area contributed by atoms with Gasteiger partial charge in [-0.2, -0.15) is 13.9 Å². The lowest BCUT2D eigenvalue weighted by atomic mass is 10.2. The number of hydrogen-bond acceptors (Lipinski definition) is 6. The van der Waals surface area contributed by atoms with Crippen LogP contribution in [-0.2, 0) is 4.74 Å². The summed E-state index contributed by atoms with van der Waals surface area (Å²) >= 11 is 1.33. The Morgan fingerprint density at radius 3 is 2.32 bits per heavy atom. The van der Waals surface area contributed by atoms with E-state index in [-0.39, 0.29) is 0 Å². The zero-order valence-electron chi connectivity index (χ0n) is 15.3. The molecule has 2 aromatic carbocycles. The Hall–Kier alpha value is -3.12. The fourth-order valence-electron chi connectivity index (χ4n) is 2.24. The first kappa shape index (κ1) is 22.6. The number of nitrogens with zero attached hydrogens (tertiary/aromatic N) is 2. The monoisotopic (exact) mass is 461 g/mol. The third-order valence-electron chi connectivity index (χ3n) is 3.58. The van der Waals surface area contributed by atoms with Gasteiger partial charge in [-0.05, 0) is 29.8 Å². The van der Waals surface area contributed by atoms with Crippen LogP contribution in [-0.4, -0.2) is 30.0 Å². The van der Waals surface area contributed by atoms with E-state index in [1.807, 2.05) is 35.7 Å². The van der Waals surface area contributed by atoms with Crippen molar-refractivity contribution in [2.45, 2.75) is 18.8 Å². The molecule has 0 aliphatic carbocycles. The van der Waals surface area contributed by atoms with Gasteiger partial charge in [-0.3, -0.25) is 5.43 Å². The van der Waals surface area contributed by atoms with Gasteiger partial charge < -0.3 is 4.74 Å². The summed E-state index contributed by atoms with van der Waals surface area (Å²) in [5, 5.41) is 6.34. The molecular formula is C19H13F6N3O2S. The first-order chi connectivity index (χ1) is 14.6. The Kier molecular flexibility index (Phi) is 6.81. The molecule has 164 valence electrons. The molecule has 0 saturated heterocycles. The van der Waals surface area contributed by atoms with Crippen molar-refractivity contribution in [3.63, 3.8) is 0 Å². The summed E-state index contributed by atoms with van der Waals surface area (Å²) in [6.07, 6.45) is -13.1. The molecule has 0 saturated carbocycles. The number of benzene rings is 2. The summed E-state index contributed by atoms with van der Waals surface area (Å²) in [4.78, 5) is 4.37. The summed E-state index contributed by atoms with van der Waals surface area (Å²) in [5.74, 6) is -0.559. The molecule has 0 fully saturated rings. The average Bonchev–Trinajstić information content (AvgIpc) is 3.17. The van der Waals surface area contributed by atoms with Gasteiger partial charge in [0.1, 0.15) is 5.75 Å². The highest BCUT2D eigenvalue weighted by Gasteiger charge is 2.50. The predicted molar refractivity (Wildman–Crippen MR) is 103 cm³/mol. The van der Waals surface area contributed by atoms with Crippen LogP contribution in [0.5, 0.6) is 5.75 Å². The lowest BCUT2D eigenvalue weighted by Gasteiger charge is -2.22. The van der Waals surface area contributed by atoms with Gasteiger partial charge in [0.2, 0.25) is 5.13 Å². The molecule has 1 unspecified atom stereocenters. The number of aromatic nitrogens is 1. The fourth-order valence-corrected chi connectivity index (χ4v) is 2.91. The molecule has 1 aromatic heterocycles. The Balaban J connectivity index is 1.56. The van der Waals surface area contributed by atoms with E-state index in [9.17, 15) is 26.3 Å². The minimum absolute atomic E-state index is 0.450. The fraction of sp³-hybridized carbons (Fsp3) is 0.158. The molecule has 3 aromatic rings. The Morgan fingerprint density at radius 2 is 1.68 bits per heavy atom. The second kappa shape index (κ2) is 9.35. The van der Waals surface area contributed by atoms with Crippen molar-refractivity contribution >= 4 is 22.7 Å². The summed E-state index contributed by atoms with van der Waals surface area (Å²) in [6, 6.07) is 14.1. The van der Waals surface area contributed by atoms with Crippen molar-refractivity contribution in [3.05, 3.63) is 65.5 Å². The molecule has 1 atom stereocenters. The summed E-state index contributed by atoms with van der Waals surface area (Å²) in [5.41, 5.74) is 4.89. The van der Waals surface area contributed by atoms with Crippen LogP contribution < -0.4 is 10.2 Å². The Bertz CT molecular complexity index is 1010. The molecule has 1 heterocycles. The van der Waals surface area contributed by atoms with Crippen LogP contribution in [0, 0.1) is 0 Å². The second-order valence-corrected chi connectivity index (χ2v) is 6.74. The highest BCUT2D eigenvalue weighted by Crippen LogP contribution is 2.31. The molecule has 0 bridgehead atoms. The minimum atomic E-state index is -5.57. The predicted octanol–water partition coefficient (Wildman–Crippen LogP) is 6.06. The van der Waals surface area contributed by atoms with Gasteiger partial charge in [-0.15, -0.1) is 24.5 Å². The maximum atomic E-state index is 13.4. The van der Waals surface area contributed by atoms with Gasteiger partial charge in [-0.25, -0.2) is 14.1 Å². The van der Waals surface area contributed by atoms with Crippen LogP contribution in [0.15, 0.2) is 65.1 Å². The van der Waals surface area contributed by atoms with Crippen LogP contribution in [0.2, 0.25) is 0 Å². The molecule has 1 N–H and O–H groups in total. The van der Waals surface area contributed by atoms with Crippen molar-refractivity contribution in [3.8, 4) is 17.0 Å². The molecule has 12 heteroatoms. The van der Waals surface area contributed by atoms with E-state index >= 15 is 0 Å². The van der Waals surface area contributed by atoms with Crippen LogP contribution >= 0.6 is 11.3 Å². The van der Waals surface area contributed by atoms with E-state index in [4.69, 9.17) is 0 Å². The number of ether oxygens (including phenoxy) is 2. The number of thiazole rings is 1. The lowest BCUT2D eigenvalue weighted by molar-refractivity contribution is -0.411. The van der Waals surface area contributed by atoms with E-state index in [0.717, 1.165) is 23.4 Å². The van der Waals surface area contributed by atoms with Gasteiger partial charge >= 0.3 is 18.8 Å². The number of nitrogens with one attached hydrogen (secondary N) is 1. The number of halogens is 6. The number of anilines is 1. The maximum Gasteiger partial charge on any atom is 0.525 e. The quantitative estimate of drug-likeness (QED) is 0.252. The van der Waals surface area contributed by atoms with Crippen molar-refractivity contribution < 1.29 is 35.8 Å². The zero-order chi connectivity index (χ0) is 22.5.